The summed E-state index contributed by atoms with van der Waals surface area (Å²) in [6, 6.07) is 0.346. The molecule has 1 aliphatic rings. The molecule has 0 bridgehead atoms. The molecule has 0 spiro atoms. The standard InChI is InChI=1S/C10H19N/c1-10(2)8-6-4-3-5-7-9(10)11/h3,5,9H,4,6-8,11H2,1-2H3/b5-3-. The first-order valence-electron chi connectivity index (χ1n) is 4.53. The second kappa shape index (κ2) is 3.40. The van der Waals surface area contributed by atoms with Crippen molar-refractivity contribution in [3.05, 3.63) is 12.2 Å². The van der Waals surface area contributed by atoms with Crippen molar-refractivity contribution in [2.45, 2.75) is 45.6 Å². The molecule has 1 unspecified atom stereocenters. The fourth-order valence-electron chi connectivity index (χ4n) is 1.54. The van der Waals surface area contributed by atoms with Gasteiger partial charge in [0.25, 0.3) is 0 Å². The van der Waals surface area contributed by atoms with Gasteiger partial charge in [-0.25, -0.2) is 0 Å². The third kappa shape index (κ3) is 2.33. The van der Waals surface area contributed by atoms with Gasteiger partial charge in [0, 0.05) is 6.04 Å². The Labute approximate surface area is 69.7 Å². The molecule has 0 saturated carbocycles. The molecule has 1 rings (SSSR count). The van der Waals surface area contributed by atoms with Crippen LogP contribution in [0, 0.1) is 5.41 Å². The van der Waals surface area contributed by atoms with Crippen molar-refractivity contribution >= 4 is 0 Å². The summed E-state index contributed by atoms with van der Waals surface area (Å²) in [6.07, 6.45) is 9.32. The van der Waals surface area contributed by atoms with Crippen LogP contribution in [-0.4, -0.2) is 6.04 Å². The largest absolute Gasteiger partial charge is 0.327 e. The number of hydrogen-bond acceptors (Lipinski definition) is 1. The third-order valence-electron chi connectivity index (χ3n) is 2.75. The van der Waals surface area contributed by atoms with Crippen LogP contribution in [0.2, 0.25) is 0 Å². The molecule has 0 amide bonds. The maximum absolute atomic E-state index is 6.03. The van der Waals surface area contributed by atoms with Gasteiger partial charge in [-0.15, -0.1) is 0 Å². The van der Waals surface area contributed by atoms with Crippen molar-refractivity contribution in [2.75, 3.05) is 0 Å². The minimum absolute atomic E-state index is 0.338. The summed E-state index contributed by atoms with van der Waals surface area (Å²) >= 11 is 0. The van der Waals surface area contributed by atoms with Crippen LogP contribution in [0.1, 0.15) is 39.5 Å². The van der Waals surface area contributed by atoms with Gasteiger partial charge >= 0.3 is 0 Å². The minimum atomic E-state index is 0.338. The van der Waals surface area contributed by atoms with Crippen molar-refractivity contribution in [3.63, 3.8) is 0 Å². The Morgan fingerprint density at radius 2 is 2.09 bits per heavy atom. The van der Waals surface area contributed by atoms with E-state index in [-0.39, 0.29) is 0 Å². The maximum atomic E-state index is 6.03. The van der Waals surface area contributed by atoms with Gasteiger partial charge in [0.2, 0.25) is 0 Å². The first-order valence-corrected chi connectivity index (χ1v) is 4.53. The van der Waals surface area contributed by atoms with Gasteiger partial charge < -0.3 is 5.73 Å². The van der Waals surface area contributed by atoms with E-state index in [2.05, 4.69) is 26.0 Å². The van der Waals surface area contributed by atoms with Gasteiger partial charge in [0.1, 0.15) is 0 Å². The van der Waals surface area contributed by atoms with Gasteiger partial charge in [0.15, 0.2) is 0 Å². The average Bonchev–Trinajstić information content (AvgIpc) is 1.93. The molecular formula is C10H19N. The van der Waals surface area contributed by atoms with Gasteiger partial charge in [-0.05, 0) is 31.1 Å². The zero-order valence-corrected chi connectivity index (χ0v) is 7.64. The lowest BCUT2D eigenvalue weighted by Gasteiger charge is -2.32. The normalized spacial score (nSPS) is 33.9. The van der Waals surface area contributed by atoms with Gasteiger partial charge in [-0.3, -0.25) is 0 Å². The molecule has 0 heterocycles. The van der Waals surface area contributed by atoms with Crippen LogP contribution in [0.25, 0.3) is 0 Å². The Morgan fingerprint density at radius 1 is 1.36 bits per heavy atom. The monoisotopic (exact) mass is 153 g/mol. The topological polar surface area (TPSA) is 26.0 Å². The lowest BCUT2D eigenvalue weighted by molar-refractivity contribution is 0.254. The highest BCUT2D eigenvalue weighted by atomic mass is 14.7. The number of rotatable bonds is 0. The van der Waals surface area contributed by atoms with Gasteiger partial charge in [-0.2, -0.15) is 0 Å². The molecule has 1 atom stereocenters. The van der Waals surface area contributed by atoms with Crippen LogP contribution in [-0.2, 0) is 0 Å². The van der Waals surface area contributed by atoms with E-state index in [1.807, 2.05) is 0 Å². The molecule has 2 N–H and O–H groups in total. The van der Waals surface area contributed by atoms with E-state index in [1.54, 1.807) is 0 Å². The lowest BCUT2D eigenvalue weighted by Crippen LogP contribution is -2.37. The summed E-state index contributed by atoms with van der Waals surface area (Å²) < 4.78 is 0. The molecule has 1 nitrogen and oxygen atoms in total. The molecule has 0 saturated heterocycles. The summed E-state index contributed by atoms with van der Waals surface area (Å²) in [5.41, 5.74) is 6.37. The second-order valence-corrected chi connectivity index (χ2v) is 4.19. The molecule has 11 heavy (non-hydrogen) atoms. The summed E-state index contributed by atoms with van der Waals surface area (Å²) in [4.78, 5) is 0. The predicted molar refractivity (Wildman–Crippen MR) is 49.4 cm³/mol. The fraction of sp³-hybridized carbons (Fsp3) is 0.800. The maximum Gasteiger partial charge on any atom is 0.0125 e. The summed E-state index contributed by atoms with van der Waals surface area (Å²) in [7, 11) is 0. The molecule has 0 aromatic heterocycles. The molecule has 0 aromatic rings. The molecule has 0 aromatic carbocycles. The van der Waals surface area contributed by atoms with Crippen molar-refractivity contribution in [3.8, 4) is 0 Å². The van der Waals surface area contributed by atoms with E-state index in [1.165, 1.54) is 19.3 Å². The van der Waals surface area contributed by atoms with Gasteiger partial charge in [-0.1, -0.05) is 26.0 Å². The molecule has 0 aliphatic heterocycles. The zero-order valence-electron chi connectivity index (χ0n) is 7.64. The first-order chi connectivity index (χ1) is 5.13. The predicted octanol–water partition coefficient (Wildman–Crippen LogP) is 2.47. The molecule has 1 aliphatic carbocycles. The summed E-state index contributed by atoms with van der Waals surface area (Å²) in [5.74, 6) is 0. The van der Waals surface area contributed by atoms with Crippen LogP contribution in [0.15, 0.2) is 12.2 Å². The summed E-state index contributed by atoms with van der Waals surface area (Å²) in [6.45, 7) is 4.55. The van der Waals surface area contributed by atoms with E-state index in [4.69, 9.17) is 5.73 Å². The summed E-state index contributed by atoms with van der Waals surface area (Å²) in [5, 5.41) is 0. The molecule has 0 radical (unpaired) electrons. The van der Waals surface area contributed by atoms with Crippen LogP contribution in [0.5, 0.6) is 0 Å². The third-order valence-corrected chi connectivity index (χ3v) is 2.75. The van der Waals surface area contributed by atoms with E-state index >= 15 is 0 Å². The first kappa shape index (κ1) is 8.79. The highest BCUT2D eigenvalue weighted by Gasteiger charge is 2.25. The van der Waals surface area contributed by atoms with Crippen molar-refractivity contribution in [2.24, 2.45) is 11.1 Å². The Balaban J connectivity index is 2.59. The van der Waals surface area contributed by atoms with Crippen molar-refractivity contribution in [1.82, 2.24) is 0 Å². The molecule has 0 fully saturated rings. The Hall–Kier alpha value is -0.300. The smallest absolute Gasteiger partial charge is 0.0125 e. The van der Waals surface area contributed by atoms with Crippen molar-refractivity contribution in [1.29, 1.82) is 0 Å². The van der Waals surface area contributed by atoms with Crippen LogP contribution in [0.3, 0.4) is 0 Å². The number of hydrogen-bond donors (Lipinski definition) is 1. The Bertz CT molecular complexity index is 147. The average molecular weight is 153 g/mol. The number of nitrogens with two attached hydrogens (primary N) is 1. The van der Waals surface area contributed by atoms with Crippen LogP contribution >= 0.6 is 0 Å². The lowest BCUT2D eigenvalue weighted by atomic mass is 9.77. The van der Waals surface area contributed by atoms with Crippen LogP contribution in [0.4, 0.5) is 0 Å². The van der Waals surface area contributed by atoms with E-state index in [0.717, 1.165) is 6.42 Å². The molecule has 64 valence electrons. The van der Waals surface area contributed by atoms with E-state index in [9.17, 15) is 0 Å². The van der Waals surface area contributed by atoms with E-state index in [0.29, 0.717) is 11.5 Å². The molecular weight excluding hydrogens is 134 g/mol. The van der Waals surface area contributed by atoms with Crippen molar-refractivity contribution < 1.29 is 0 Å². The zero-order chi connectivity index (χ0) is 8.32. The quantitative estimate of drug-likeness (QED) is 0.531. The van der Waals surface area contributed by atoms with Crippen LogP contribution < -0.4 is 5.73 Å². The SMILES string of the molecule is CC1(C)CCC/C=C\CC1N. The minimum Gasteiger partial charge on any atom is -0.327 e. The highest BCUT2D eigenvalue weighted by molar-refractivity contribution is 4.94. The highest BCUT2D eigenvalue weighted by Crippen LogP contribution is 2.29. The fourth-order valence-corrected chi connectivity index (χ4v) is 1.54. The molecule has 1 heteroatoms. The Kier molecular flexibility index (Phi) is 2.72. The second-order valence-electron chi connectivity index (χ2n) is 4.19. The van der Waals surface area contributed by atoms with Gasteiger partial charge in [0.05, 0.1) is 0 Å². The Morgan fingerprint density at radius 3 is 2.82 bits per heavy atom. The van der Waals surface area contributed by atoms with E-state index < -0.39 is 0 Å². The number of allylic oxidation sites excluding steroid dienone is 1.